The van der Waals surface area contributed by atoms with E-state index in [9.17, 15) is 9.59 Å². The van der Waals surface area contributed by atoms with Gasteiger partial charge in [-0.3, -0.25) is 14.7 Å². The Labute approximate surface area is 147 Å². The normalized spacial score (nSPS) is 13.0. The van der Waals surface area contributed by atoms with E-state index in [1.54, 1.807) is 23.5 Å². The van der Waals surface area contributed by atoms with Gasteiger partial charge in [-0.15, -0.1) is 11.3 Å². The van der Waals surface area contributed by atoms with Crippen molar-refractivity contribution in [1.82, 2.24) is 25.3 Å². The van der Waals surface area contributed by atoms with Gasteiger partial charge < -0.3 is 5.32 Å². The van der Waals surface area contributed by atoms with E-state index in [0.717, 1.165) is 41.1 Å². The predicted octanol–water partition coefficient (Wildman–Crippen LogP) is 1.61. The second-order valence-corrected chi connectivity index (χ2v) is 6.88. The van der Waals surface area contributed by atoms with Gasteiger partial charge in [0.05, 0.1) is 22.8 Å². The molecule has 0 radical (unpaired) electrons. The molecule has 0 atom stereocenters. The molecule has 1 aliphatic rings. The fraction of sp³-hybridized carbons (Fsp3) is 0.294. The van der Waals surface area contributed by atoms with Gasteiger partial charge in [0.1, 0.15) is 0 Å². The molecule has 0 saturated heterocycles. The van der Waals surface area contributed by atoms with Crippen molar-refractivity contribution in [2.24, 2.45) is 0 Å². The van der Waals surface area contributed by atoms with E-state index in [-0.39, 0.29) is 11.5 Å². The van der Waals surface area contributed by atoms with Crippen molar-refractivity contribution in [2.45, 2.75) is 25.8 Å². The number of amides is 1. The van der Waals surface area contributed by atoms with E-state index < -0.39 is 0 Å². The molecular formula is C17H17N5O2S. The van der Waals surface area contributed by atoms with Crippen molar-refractivity contribution in [3.05, 3.63) is 57.0 Å². The summed E-state index contributed by atoms with van der Waals surface area (Å²) in [5.74, 6) is -0.270. The number of nitrogens with zero attached hydrogens (tertiary/aromatic N) is 3. The number of thiophene rings is 1. The molecular weight excluding hydrogens is 338 g/mol. The minimum absolute atomic E-state index is 0.116. The summed E-state index contributed by atoms with van der Waals surface area (Å²) < 4.78 is 1.42. The van der Waals surface area contributed by atoms with Gasteiger partial charge in [-0.1, -0.05) is 6.07 Å². The highest BCUT2D eigenvalue weighted by Gasteiger charge is 2.15. The van der Waals surface area contributed by atoms with Crippen LogP contribution in [0.3, 0.4) is 0 Å². The van der Waals surface area contributed by atoms with Gasteiger partial charge in [0, 0.05) is 12.6 Å². The highest BCUT2D eigenvalue weighted by atomic mass is 32.1. The molecule has 3 aromatic rings. The second-order valence-electron chi connectivity index (χ2n) is 5.93. The van der Waals surface area contributed by atoms with Crippen LogP contribution in [0.2, 0.25) is 0 Å². The molecule has 0 aromatic carbocycles. The van der Waals surface area contributed by atoms with Gasteiger partial charge >= 0.3 is 0 Å². The number of carbonyl (C=O) groups excluding carboxylic acids is 1. The number of carbonyl (C=O) groups is 1. The first-order chi connectivity index (χ1) is 12.2. The Kier molecular flexibility index (Phi) is 4.19. The number of nitrogens with one attached hydrogen (secondary N) is 2. The zero-order valence-electron chi connectivity index (χ0n) is 13.5. The van der Waals surface area contributed by atoms with E-state index >= 15 is 0 Å². The summed E-state index contributed by atoms with van der Waals surface area (Å²) >= 11 is 1.58. The summed E-state index contributed by atoms with van der Waals surface area (Å²) in [5, 5.41) is 16.1. The molecule has 8 heteroatoms. The van der Waals surface area contributed by atoms with E-state index in [1.165, 1.54) is 4.68 Å². The molecule has 0 aliphatic heterocycles. The number of aromatic amines is 1. The molecule has 0 fully saturated rings. The third-order valence-electron chi connectivity index (χ3n) is 4.23. The number of aryl methyl sites for hydroxylation is 2. The topological polar surface area (TPSA) is 92.7 Å². The Hall–Kier alpha value is -2.74. The average molecular weight is 355 g/mol. The maximum atomic E-state index is 12.2. The Morgan fingerprint density at radius 3 is 3.12 bits per heavy atom. The molecule has 0 unspecified atom stereocenters. The lowest BCUT2D eigenvalue weighted by Gasteiger charge is -2.07. The molecule has 0 bridgehead atoms. The van der Waals surface area contributed by atoms with Crippen LogP contribution in [0.1, 0.15) is 28.2 Å². The summed E-state index contributed by atoms with van der Waals surface area (Å²) in [6.45, 7) is 0.672. The van der Waals surface area contributed by atoms with E-state index in [4.69, 9.17) is 0 Å². The van der Waals surface area contributed by atoms with Gasteiger partial charge in [-0.05, 0) is 42.3 Å². The number of aromatic nitrogens is 4. The minimum atomic E-state index is -0.270. The van der Waals surface area contributed by atoms with Crippen LogP contribution in [-0.4, -0.2) is 32.4 Å². The summed E-state index contributed by atoms with van der Waals surface area (Å²) in [6.07, 6.45) is 2.90. The van der Waals surface area contributed by atoms with Crippen LogP contribution in [0.15, 0.2) is 34.4 Å². The monoisotopic (exact) mass is 355 g/mol. The van der Waals surface area contributed by atoms with Crippen molar-refractivity contribution >= 4 is 17.2 Å². The fourth-order valence-electron chi connectivity index (χ4n) is 2.96. The van der Waals surface area contributed by atoms with Crippen LogP contribution >= 0.6 is 11.3 Å². The third-order valence-corrected chi connectivity index (χ3v) is 5.13. The maximum absolute atomic E-state index is 12.2. The van der Waals surface area contributed by atoms with Crippen LogP contribution in [0, 0.1) is 0 Å². The third kappa shape index (κ3) is 3.25. The first-order valence-corrected chi connectivity index (χ1v) is 9.06. The van der Waals surface area contributed by atoms with Gasteiger partial charge in [0.2, 0.25) is 0 Å². The van der Waals surface area contributed by atoms with Gasteiger partial charge in [0.25, 0.3) is 11.5 Å². The first-order valence-electron chi connectivity index (χ1n) is 8.18. The molecule has 128 valence electrons. The lowest BCUT2D eigenvalue weighted by molar-refractivity contribution is 0.0946. The summed E-state index contributed by atoms with van der Waals surface area (Å²) in [7, 11) is 0. The summed E-state index contributed by atoms with van der Waals surface area (Å²) in [4.78, 5) is 25.3. The number of H-pyrrole nitrogens is 1. The number of hydrogen-bond donors (Lipinski definition) is 2. The van der Waals surface area contributed by atoms with Gasteiger partial charge in [-0.2, -0.15) is 10.2 Å². The molecule has 25 heavy (non-hydrogen) atoms. The van der Waals surface area contributed by atoms with Crippen molar-refractivity contribution in [3.8, 4) is 10.6 Å². The summed E-state index contributed by atoms with van der Waals surface area (Å²) in [6, 6.07) is 7.30. The standard InChI is InChI=1S/C17H17N5O2S/c23-16-9-11-3-1-4-12(11)21-22(16)7-6-18-17(24)14-10-13(19-20-14)15-5-2-8-25-15/h2,5,8-10H,1,3-4,6-7H2,(H,18,24)(H,19,20). The van der Waals surface area contributed by atoms with Crippen LogP contribution in [0.25, 0.3) is 10.6 Å². The molecule has 1 aliphatic carbocycles. The molecule has 0 spiro atoms. The predicted molar refractivity (Wildman–Crippen MR) is 94.8 cm³/mol. The molecule has 3 aromatic heterocycles. The molecule has 4 rings (SSSR count). The Morgan fingerprint density at radius 2 is 2.28 bits per heavy atom. The zero-order chi connectivity index (χ0) is 17.2. The highest BCUT2D eigenvalue weighted by molar-refractivity contribution is 7.13. The summed E-state index contributed by atoms with van der Waals surface area (Å²) in [5.41, 5.74) is 3.09. The number of rotatable bonds is 5. The average Bonchev–Trinajstić information content (AvgIpc) is 3.35. The highest BCUT2D eigenvalue weighted by Crippen LogP contribution is 2.22. The quantitative estimate of drug-likeness (QED) is 0.727. The van der Waals surface area contributed by atoms with Crippen molar-refractivity contribution in [2.75, 3.05) is 6.54 Å². The second kappa shape index (κ2) is 6.64. The van der Waals surface area contributed by atoms with Crippen LogP contribution < -0.4 is 10.9 Å². The molecule has 3 heterocycles. The lowest BCUT2D eigenvalue weighted by atomic mass is 10.2. The smallest absolute Gasteiger partial charge is 0.271 e. The molecule has 7 nitrogen and oxygen atoms in total. The Bertz CT molecular complexity index is 958. The Morgan fingerprint density at radius 1 is 1.36 bits per heavy atom. The van der Waals surface area contributed by atoms with E-state index in [1.807, 2.05) is 17.5 Å². The van der Waals surface area contributed by atoms with Crippen LogP contribution in [0.4, 0.5) is 0 Å². The fourth-order valence-corrected chi connectivity index (χ4v) is 3.65. The van der Waals surface area contributed by atoms with Crippen molar-refractivity contribution < 1.29 is 4.79 Å². The SMILES string of the molecule is O=C(NCCn1nc2c(cc1=O)CCC2)c1cc(-c2cccs2)[nH]n1. The van der Waals surface area contributed by atoms with Crippen LogP contribution in [0.5, 0.6) is 0 Å². The first kappa shape index (κ1) is 15.8. The van der Waals surface area contributed by atoms with E-state index in [0.29, 0.717) is 18.8 Å². The van der Waals surface area contributed by atoms with Crippen molar-refractivity contribution in [3.63, 3.8) is 0 Å². The molecule has 2 N–H and O–H groups in total. The largest absolute Gasteiger partial charge is 0.349 e. The maximum Gasteiger partial charge on any atom is 0.271 e. The van der Waals surface area contributed by atoms with Gasteiger partial charge in [-0.25, -0.2) is 4.68 Å². The lowest BCUT2D eigenvalue weighted by Crippen LogP contribution is -2.32. The van der Waals surface area contributed by atoms with Crippen LogP contribution in [-0.2, 0) is 19.4 Å². The molecule has 1 amide bonds. The number of fused-ring (bicyclic) bond motifs is 1. The molecule has 0 saturated carbocycles. The number of hydrogen-bond acceptors (Lipinski definition) is 5. The van der Waals surface area contributed by atoms with Gasteiger partial charge in [0.15, 0.2) is 5.69 Å². The minimum Gasteiger partial charge on any atom is -0.349 e. The zero-order valence-corrected chi connectivity index (χ0v) is 14.3. The van der Waals surface area contributed by atoms with E-state index in [2.05, 4.69) is 20.6 Å². The Balaban J connectivity index is 1.37. The van der Waals surface area contributed by atoms with Crippen molar-refractivity contribution in [1.29, 1.82) is 0 Å².